The number of nitrogens with one attached hydrogen (secondary N) is 2. The number of carbonyl (C=O) groups excluding carboxylic acids is 2. The summed E-state index contributed by atoms with van der Waals surface area (Å²) in [7, 11) is 1.17. The van der Waals surface area contributed by atoms with Crippen molar-refractivity contribution in [1.82, 2.24) is 20.1 Å². The Hall–Kier alpha value is -3.82. The van der Waals surface area contributed by atoms with E-state index in [2.05, 4.69) is 34.3 Å². The Balaban J connectivity index is 1.44. The van der Waals surface area contributed by atoms with Gasteiger partial charge in [-0.3, -0.25) is 19.7 Å². The molecule has 3 heterocycles. The Morgan fingerprint density at radius 1 is 1.26 bits per heavy atom. The van der Waals surface area contributed by atoms with Crippen molar-refractivity contribution in [2.75, 3.05) is 19.0 Å². The molecule has 1 aliphatic carbocycles. The second-order valence-electron chi connectivity index (χ2n) is 9.63. The van der Waals surface area contributed by atoms with Gasteiger partial charge >= 0.3 is 0 Å². The maximum absolute atomic E-state index is 14.3. The van der Waals surface area contributed by atoms with Crippen LogP contribution in [0.3, 0.4) is 0 Å². The fourth-order valence-corrected chi connectivity index (χ4v) is 5.33. The second-order valence-corrected chi connectivity index (χ2v) is 9.63. The van der Waals surface area contributed by atoms with E-state index in [0.717, 1.165) is 17.3 Å². The van der Waals surface area contributed by atoms with Crippen LogP contribution in [0.4, 0.5) is 14.5 Å². The fourth-order valence-electron chi connectivity index (χ4n) is 5.33. The molecule has 1 aromatic carbocycles. The molecule has 3 aromatic rings. The van der Waals surface area contributed by atoms with E-state index in [1.807, 2.05) is 6.92 Å². The molecule has 1 saturated heterocycles. The number of ether oxygens (including phenoxy) is 1. The van der Waals surface area contributed by atoms with Crippen LogP contribution in [0.2, 0.25) is 0 Å². The largest absolute Gasteiger partial charge is 0.493 e. The lowest BCUT2D eigenvalue weighted by Crippen LogP contribution is -2.47. The van der Waals surface area contributed by atoms with E-state index >= 15 is 0 Å². The van der Waals surface area contributed by atoms with E-state index in [9.17, 15) is 18.4 Å². The molecule has 0 unspecified atom stereocenters. The number of aromatic amines is 1. The number of hydrogen-bond acceptors (Lipinski definition) is 5. The molecule has 2 N–H and O–H groups in total. The first-order valence-electron chi connectivity index (χ1n) is 11.2. The molecule has 1 aliphatic heterocycles. The van der Waals surface area contributed by atoms with Crippen LogP contribution in [-0.2, 0) is 4.79 Å². The highest BCUT2D eigenvalue weighted by Gasteiger charge is 2.69. The van der Waals surface area contributed by atoms with Gasteiger partial charge in [-0.2, -0.15) is 9.49 Å². The first kappa shape index (κ1) is 22.9. The van der Waals surface area contributed by atoms with Crippen molar-refractivity contribution in [2.24, 2.45) is 17.3 Å². The van der Waals surface area contributed by atoms with Crippen LogP contribution in [0.1, 0.15) is 29.9 Å². The summed E-state index contributed by atoms with van der Waals surface area (Å²) in [6.45, 7) is 6.34. The summed E-state index contributed by atoms with van der Waals surface area (Å²) < 4.78 is 33.0. The monoisotopic (exact) mass is 481 g/mol. The highest BCUT2D eigenvalue weighted by Crippen LogP contribution is 2.65. The minimum absolute atomic E-state index is 0.0554. The van der Waals surface area contributed by atoms with Gasteiger partial charge < -0.3 is 15.0 Å². The topological polar surface area (TPSA) is 100 Å². The van der Waals surface area contributed by atoms with Gasteiger partial charge in [-0.1, -0.05) is 13.8 Å². The zero-order valence-corrected chi connectivity index (χ0v) is 19.7. The first-order valence-corrected chi connectivity index (χ1v) is 11.2. The average Bonchev–Trinajstić information content (AvgIpc) is 3.21. The van der Waals surface area contributed by atoms with Crippen molar-refractivity contribution in [3.63, 3.8) is 0 Å². The molecule has 5 rings (SSSR count). The van der Waals surface area contributed by atoms with E-state index in [1.165, 1.54) is 18.1 Å². The predicted molar refractivity (Wildman–Crippen MR) is 124 cm³/mol. The van der Waals surface area contributed by atoms with Gasteiger partial charge in [0.05, 0.1) is 24.6 Å². The van der Waals surface area contributed by atoms with Gasteiger partial charge in [0.2, 0.25) is 11.7 Å². The Morgan fingerprint density at radius 2 is 2.03 bits per heavy atom. The number of carbonyl (C=O) groups is 2. The molecule has 2 amide bonds. The predicted octanol–water partition coefficient (Wildman–Crippen LogP) is 3.80. The fraction of sp³-hybridized carbons (Fsp3) is 0.360. The molecule has 0 spiro atoms. The van der Waals surface area contributed by atoms with Crippen LogP contribution in [0, 0.1) is 35.8 Å². The summed E-state index contributed by atoms with van der Waals surface area (Å²) in [6.07, 6.45) is 3.25. The van der Waals surface area contributed by atoms with Crippen molar-refractivity contribution < 1.29 is 23.1 Å². The summed E-state index contributed by atoms with van der Waals surface area (Å²) >= 11 is 0. The van der Waals surface area contributed by atoms with Crippen LogP contribution in [-0.4, -0.2) is 51.6 Å². The van der Waals surface area contributed by atoms with Crippen molar-refractivity contribution in [1.29, 1.82) is 0 Å². The second kappa shape index (κ2) is 8.14. The third-order valence-corrected chi connectivity index (χ3v) is 7.36. The lowest BCUT2D eigenvalue weighted by molar-refractivity contribution is -0.120. The lowest BCUT2D eigenvalue weighted by atomic mass is 9.99. The Morgan fingerprint density at radius 3 is 2.71 bits per heavy atom. The molecule has 2 aliphatic rings. The zero-order valence-electron chi connectivity index (χ0n) is 19.7. The molecule has 8 nitrogen and oxygen atoms in total. The van der Waals surface area contributed by atoms with Crippen LogP contribution >= 0.6 is 0 Å². The average molecular weight is 482 g/mol. The van der Waals surface area contributed by atoms with Gasteiger partial charge in [-0.15, -0.1) is 0 Å². The van der Waals surface area contributed by atoms with Gasteiger partial charge in [-0.25, -0.2) is 4.39 Å². The molecule has 2 fully saturated rings. The molecule has 35 heavy (non-hydrogen) atoms. The number of rotatable bonds is 5. The van der Waals surface area contributed by atoms with E-state index in [-0.39, 0.29) is 28.7 Å². The number of anilines is 1. The number of aromatic nitrogens is 3. The van der Waals surface area contributed by atoms with Crippen LogP contribution < -0.4 is 10.1 Å². The number of nitrogens with zero attached hydrogens (tertiary/aromatic N) is 3. The normalized spacial score (nSPS) is 22.0. The smallest absolute Gasteiger partial charge is 0.258 e. The Bertz CT molecular complexity index is 1340. The van der Waals surface area contributed by atoms with Crippen molar-refractivity contribution in [3.05, 3.63) is 59.6 Å². The summed E-state index contributed by atoms with van der Waals surface area (Å²) in [5.41, 5.74) is 2.59. The maximum Gasteiger partial charge on any atom is 0.258 e. The molecular formula is C25H25F2N5O3. The number of fused-ring (bicyclic) bond motifs is 1. The molecule has 10 heteroatoms. The summed E-state index contributed by atoms with van der Waals surface area (Å²) in [6, 6.07) is 4.72. The van der Waals surface area contributed by atoms with Crippen LogP contribution in [0.25, 0.3) is 11.3 Å². The number of halogens is 2. The van der Waals surface area contributed by atoms with Gasteiger partial charge in [0.1, 0.15) is 6.04 Å². The minimum atomic E-state index is -1.23. The van der Waals surface area contributed by atoms with Crippen molar-refractivity contribution >= 4 is 17.5 Å². The van der Waals surface area contributed by atoms with Gasteiger partial charge in [-0.05, 0) is 48.4 Å². The number of methoxy groups -OCH3 is 1. The number of hydrogen-bond donors (Lipinski definition) is 2. The lowest BCUT2D eigenvalue weighted by Gasteiger charge is -2.30. The number of benzene rings is 1. The van der Waals surface area contributed by atoms with E-state index in [1.54, 1.807) is 24.5 Å². The Kier molecular flexibility index (Phi) is 5.34. The van der Waals surface area contributed by atoms with Crippen molar-refractivity contribution in [3.8, 4) is 17.0 Å². The molecule has 1 saturated carbocycles. The molecular weight excluding hydrogens is 456 g/mol. The number of likely N-dealkylation sites (tertiary alicyclic amines) is 1. The van der Waals surface area contributed by atoms with Gasteiger partial charge in [0.25, 0.3) is 5.91 Å². The van der Waals surface area contributed by atoms with Gasteiger partial charge in [0.15, 0.2) is 11.6 Å². The quantitative estimate of drug-likeness (QED) is 0.578. The number of piperidine rings is 1. The highest BCUT2D eigenvalue weighted by molar-refractivity contribution is 6.03. The minimum Gasteiger partial charge on any atom is -0.493 e. The first-order chi connectivity index (χ1) is 16.6. The summed E-state index contributed by atoms with van der Waals surface area (Å²) in [5, 5.41) is 9.79. The van der Waals surface area contributed by atoms with Crippen molar-refractivity contribution in [2.45, 2.75) is 26.8 Å². The summed E-state index contributed by atoms with van der Waals surface area (Å²) in [5.74, 6) is -3.67. The van der Waals surface area contributed by atoms with E-state index < -0.39 is 29.3 Å². The standard InChI is InChI=1S/C25H25F2N5O3/c1-12-15(10-29-31-12)18-9-13(7-8-28-18)30-23(33)21-19-16(25(19,2)3)11-32(21)24(34)14-5-6-17(26)20(27)22(14)35-4/h5-10,16,19,21H,11H2,1-4H3,(H,29,31)(H,28,30,33)/t16-,19-,21-/m0/s1. The molecule has 0 bridgehead atoms. The zero-order chi connectivity index (χ0) is 25.1. The highest BCUT2D eigenvalue weighted by atomic mass is 19.2. The third-order valence-electron chi connectivity index (χ3n) is 7.36. The number of H-pyrrole nitrogens is 1. The SMILES string of the molecule is COc1c(C(=O)N2C[C@H]3[C@@H]([C@H]2C(=O)Nc2ccnc(-c4cn[nH]c4C)c2)C3(C)C)ccc(F)c1F. The Labute approximate surface area is 200 Å². The summed E-state index contributed by atoms with van der Waals surface area (Å²) in [4.78, 5) is 32.7. The molecule has 182 valence electrons. The number of aryl methyl sites for hydroxylation is 1. The molecule has 2 aromatic heterocycles. The molecule has 3 atom stereocenters. The number of pyridine rings is 1. The van der Waals surface area contributed by atoms with E-state index in [0.29, 0.717) is 17.9 Å². The maximum atomic E-state index is 14.3. The van der Waals surface area contributed by atoms with E-state index in [4.69, 9.17) is 4.74 Å². The molecule has 0 radical (unpaired) electrons. The third kappa shape index (κ3) is 3.64. The van der Waals surface area contributed by atoms with Crippen LogP contribution in [0.15, 0.2) is 36.7 Å². The van der Waals surface area contributed by atoms with Gasteiger partial charge in [0, 0.05) is 29.7 Å². The number of amides is 2. The van der Waals surface area contributed by atoms with Crippen LogP contribution in [0.5, 0.6) is 5.75 Å².